The molecule has 0 radical (unpaired) electrons. The van der Waals surface area contributed by atoms with Crippen LogP contribution in [0.1, 0.15) is 16.7 Å². The molecule has 0 unspecified atom stereocenters. The molecule has 0 aromatic heterocycles. The van der Waals surface area contributed by atoms with Crippen LogP contribution in [0.4, 0.5) is 11.4 Å². The summed E-state index contributed by atoms with van der Waals surface area (Å²) in [6, 6.07) is 11.3. The van der Waals surface area contributed by atoms with Gasteiger partial charge in [-0.3, -0.25) is 4.72 Å². The van der Waals surface area contributed by atoms with E-state index in [0.717, 1.165) is 5.56 Å². The van der Waals surface area contributed by atoms with Crippen molar-refractivity contribution in [1.29, 1.82) is 5.26 Å². The van der Waals surface area contributed by atoms with E-state index < -0.39 is 10.0 Å². The van der Waals surface area contributed by atoms with Gasteiger partial charge in [-0.15, -0.1) is 0 Å². The van der Waals surface area contributed by atoms with Crippen molar-refractivity contribution >= 4 is 21.4 Å². The summed E-state index contributed by atoms with van der Waals surface area (Å²) in [5.41, 5.74) is 8.63. The number of aryl methyl sites for hydroxylation is 2. The Hall–Kier alpha value is -2.52. The van der Waals surface area contributed by atoms with E-state index >= 15 is 0 Å². The zero-order chi connectivity index (χ0) is 15.6. The van der Waals surface area contributed by atoms with Gasteiger partial charge in [0.25, 0.3) is 10.0 Å². The molecule has 2 aromatic carbocycles. The van der Waals surface area contributed by atoms with E-state index in [1.54, 1.807) is 32.0 Å². The Morgan fingerprint density at radius 2 is 1.81 bits per heavy atom. The molecular weight excluding hydrogens is 286 g/mol. The summed E-state index contributed by atoms with van der Waals surface area (Å²) < 4.78 is 27.1. The quantitative estimate of drug-likeness (QED) is 0.851. The van der Waals surface area contributed by atoms with Crippen molar-refractivity contribution in [2.24, 2.45) is 0 Å². The van der Waals surface area contributed by atoms with Gasteiger partial charge in [0.2, 0.25) is 0 Å². The van der Waals surface area contributed by atoms with E-state index in [-0.39, 0.29) is 4.90 Å². The lowest BCUT2D eigenvalue weighted by Crippen LogP contribution is -2.13. The van der Waals surface area contributed by atoms with Crippen molar-refractivity contribution in [3.05, 3.63) is 53.1 Å². The molecule has 0 amide bonds. The number of nitrogen functional groups attached to an aromatic ring is 1. The average Bonchev–Trinajstić information content (AvgIpc) is 2.42. The number of rotatable bonds is 3. The zero-order valence-corrected chi connectivity index (χ0v) is 12.5. The summed E-state index contributed by atoms with van der Waals surface area (Å²) in [5.74, 6) is 0. The normalized spacial score (nSPS) is 10.9. The molecule has 6 heteroatoms. The van der Waals surface area contributed by atoms with Crippen LogP contribution in [0.3, 0.4) is 0 Å². The first-order chi connectivity index (χ1) is 9.83. The van der Waals surface area contributed by atoms with E-state index in [1.807, 2.05) is 6.07 Å². The molecular formula is C15H15N3O2S. The van der Waals surface area contributed by atoms with Gasteiger partial charge in [-0.25, -0.2) is 8.42 Å². The van der Waals surface area contributed by atoms with Crippen LogP contribution in [0.5, 0.6) is 0 Å². The Balaban J connectivity index is 2.36. The first-order valence-corrected chi connectivity index (χ1v) is 7.71. The molecule has 0 fully saturated rings. The molecule has 0 aliphatic heterocycles. The highest BCUT2D eigenvalue weighted by molar-refractivity contribution is 7.92. The molecule has 108 valence electrons. The second-order valence-electron chi connectivity index (χ2n) is 4.77. The topological polar surface area (TPSA) is 96.0 Å². The molecule has 3 N–H and O–H groups in total. The third kappa shape index (κ3) is 3.15. The van der Waals surface area contributed by atoms with Crippen LogP contribution in [-0.2, 0) is 10.0 Å². The fourth-order valence-electron chi connectivity index (χ4n) is 1.88. The summed E-state index contributed by atoms with van der Waals surface area (Å²) in [7, 11) is -3.69. The maximum absolute atomic E-state index is 12.3. The Labute approximate surface area is 124 Å². The highest BCUT2D eigenvalue weighted by Crippen LogP contribution is 2.21. The van der Waals surface area contributed by atoms with Crippen LogP contribution in [-0.4, -0.2) is 8.42 Å². The van der Waals surface area contributed by atoms with Crippen molar-refractivity contribution in [3.8, 4) is 6.07 Å². The standard InChI is InChI=1S/C15H15N3O2S/c1-10-8-14(5-3-12(10)9-16)21(19,20)18-13-4-6-15(17)11(2)7-13/h3-8,18H,17H2,1-2H3. The molecule has 0 saturated carbocycles. The minimum Gasteiger partial charge on any atom is -0.399 e. The Morgan fingerprint density at radius 1 is 1.10 bits per heavy atom. The molecule has 0 saturated heterocycles. The SMILES string of the molecule is Cc1cc(NS(=O)(=O)c2ccc(C#N)c(C)c2)ccc1N. The smallest absolute Gasteiger partial charge is 0.261 e. The third-order valence-corrected chi connectivity index (χ3v) is 4.53. The van der Waals surface area contributed by atoms with Gasteiger partial charge in [-0.1, -0.05) is 0 Å². The van der Waals surface area contributed by atoms with Crippen molar-refractivity contribution in [2.75, 3.05) is 10.5 Å². The van der Waals surface area contributed by atoms with E-state index in [9.17, 15) is 8.42 Å². The number of anilines is 2. The first kappa shape index (κ1) is 14.9. The maximum atomic E-state index is 12.3. The van der Waals surface area contributed by atoms with Gasteiger partial charge in [-0.05, 0) is 61.4 Å². The van der Waals surface area contributed by atoms with E-state index in [1.165, 1.54) is 18.2 Å². The summed E-state index contributed by atoms with van der Waals surface area (Å²) in [6.07, 6.45) is 0. The summed E-state index contributed by atoms with van der Waals surface area (Å²) in [6.45, 7) is 3.50. The fourth-order valence-corrected chi connectivity index (χ4v) is 3.02. The van der Waals surface area contributed by atoms with Crippen LogP contribution in [0, 0.1) is 25.2 Å². The Bertz CT molecular complexity index is 836. The largest absolute Gasteiger partial charge is 0.399 e. The summed E-state index contributed by atoms with van der Waals surface area (Å²) >= 11 is 0. The summed E-state index contributed by atoms with van der Waals surface area (Å²) in [5, 5.41) is 8.88. The number of nitriles is 1. The second kappa shape index (κ2) is 5.46. The first-order valence-electron chi connectivity index (χ1n) is 6.23. The van der Waals surface area contributed by atoms with Gasteiger partial charge < -0.3 is 5.73 Å². The molecule has 2 aromatic rings. The number of sulfonamides is 1. The molecule has 0 bridgehead atoms. The minimum absolute atomic E-state index is 0.119. The fraction of sp³-hybridized carbons (Fsp3) is 0.133. The molecule has 0 aliphatic rings. The second-order valence-corrected chi connectivity index (χ2v) is 6.45. The van der Waals surface area contributed by atoms with Gasteiger partial charge in [0.1, 0.15) is 0 Å². The van der Waals surface area contributed by atoms with Crippen molar-refractivity contribution in [3.63, 3.8) is 0 Å². The lowest BCUT2D eigenvalue weighted by molar-refractivity contribution is 0.601. The zero-order valence-electron chi connectivity index (χ0n) is 11.7. The van der Waals surface area contributed by atoms with E-state index in [0.29, 0.717) is 22.5 Å². The van der Waals surface area contributed by atoms with Gasteiger partial charge in [0.05, 0.1) is 16.5 Å². The number of hydrogen-bond donors (Lipinski definition) is 2. The minimum atomic E-state index is -3.69. The molecule has 0 aliphatic carbocycles. The monoisotopic (exact) mass is 301 g/mol. The predicted molar refractivity (Wildman–Crippen MR) is 82.3 cm³/mol. The Kier molecular flexibility index (Phi) is 3.87. The van der Waals surface area contributed by atoms with E-state index in [4.69, 9.17) is 11.0 Å². The molecule has 0 heterocycles. The average molecular weight is 301 g/mol. The van der Waals surface area contributed by atoms with Gasteiger partial charge in [0, 0.05) is 11.4 Å². The highest BCUT2D eigenvalue weighted by Gasteiger charge is 2.15. The number of nitrogens with two attached hydrogens (primary N) is 1. The summed E-state index contributed by atoms with van der Waals surface area (Å²) in [4.78, 5) is 0.119. The molecule has 0 spiro atoms. The van der Waals surface area contributed by atoms with Crippen LogP contribution >= 0.6 is 0 Å². The van der Waals surface area contributed by atoms with Gasteiger partial charge >= 0.3 is 0 Å². The molecule has 0 atom stereocenters. The molecule has 2 rings (SSSR count). The van der Waals surface area contributed by atoms with Crippen molar-refractivity contribution < 1.29 is 8.42 Å². The van der Waals surface area contributed by atoms with E-state index in [2.05, 4.69) is 4.72 Å². The predicted octanol–water partition coefficient (Wildman–Crippen LogP) is 2.56. The lowest BCUT2D eigenvalue weighted by atomic mass is 10.1. The molecule has 5 nitrogen and oxygen atoms in total. The highest BCUT2D eigenvalue weighted by atomic mass is 32.2. The lowest BCUT2D eigenvalue weighted by Gasteiger charge is -2.10. The van der Waals surface area contributed by atoms with Gasteiger partial charge in [0.15, 0.2) is 0 Å². The molecule has 21 heavy (non-hydrogen) atoms. The van der Waals surface area contributed by atoms with Crippen molar-refractivity contribution in [1.82, 2.24) is 0 Å². The number of hydrogen-bond acceptors (Lipinski definition) is 4. The van der Waals surface area contributed by atoms with Crippen molar-refractivity contribution in [2.45, 2.75) is 18.7 Å². The maximum Gasteiger partial charge on any atom is 0.261 e. The number of benzene rings is 2. The van der Waals surface area contributed by atoms with Crippen LogP contribution in [0.2, 0.25) is 0 Å². The van der Waals surface area contributed by atoms with Crippen LogP contribution in [0.25, 0.3) is 0 Å². The third-order valence-electron chi connectivity index (χ3n) is 3.15. The Morgan fingerprint density at radius 3 is 2.38 bits per heavy atom. The van der Waals surface area contributed by atoms with Crippen LogP contribution < -0.4 is 10.5 Å². The number of nitrogens with zero attached hydrogens (tertiary/aromatic N) is 1. The number of nitrogens with one attached hydrogen (secondary N) is 1. The van der Waals surface area contributed by atoms with Crippen LogP contribution in [0.15, 0.2) is 41.3 Å². The van der Waals surface area contributed by atoms with Gasteiger partial charge in [-0.2, -0.15) is 5.26 Å².